The van der Waals surface area contributed by atoms with Gasteiger partial charge in [-0.25, -0.2) is 0 Å². The van der Waals surface area contributed by atoms with Crippen LogP contribution in [0.5, 0.6) is 0 Å². The second kappa shape index (κ2) is 6.51. The van der Waals surface area contributed by atoms with Crippen molar-refractivity contribution in [2.24, 2.45) is 0 Å². The Morgan fingerprint density at radius 2 is 2.00 bits per heavy atom. The van der Waals surface area contributed by atoms with Gasteiger partial charge in [-0.05, 0) is 18.2 Å². The summed E-state index contributed by atoms with van der Waals surface area (Å²) in [5.74, 6) is 4.28. The lowest BCUT2D eigenvalue weighted by Gasteiger charge is -2.05. The predicted molar refractivity (Wildman–Crippen MR) is 58.9 cm³/mol. The smallest absolute Gasteiger partial charge is 0.149 e. The van der Waals surface area contributed by atoms with Crippen molar-refractivity contribution in [1.82, 2.24) is 0 Å². The molecule has 0 aliphatic rings. The minimum absolute atomic E-state index is 0.731. The van der Waals surface area contributed by atoms with Gasteiger partial charge in [0.1, 0.15) is 0 Å². The monoisotopic (exact) mass is 246 g/mol. The molecule has 11 heavy (non-hydrogen) atoms. The van der Waals surface area contributed by atoms with Crippen LogP contribution in [0.25, 0.3) is 0 Å². The van der Waals surface area contributed by atoms with E-state index in [0.717, 1.165) is 24.0 Å². The van der Waals surface area contributed by atoms with Crippen LogP contribution in [0.2, 0.25) is 6.04 Å². The van der Waals surface area contributed by atoms with E-state index in [4.69, 9.17) is 39.7 Å². The van der Waals surface area contributed by atoms with Crippen molar-refractivity contribution < 1.29 is 0 Å². The molecular weight excluding hydrogens is 239 g/mol. The third kappa shape index (κ3) is 11.0. The maximum atomic E-state index is 5.67. The fourth-order valence-electron chi connectivity index (χ4n) is 0.506. The molecule has 0 saturated carbocycles. The highest BCUT2D eigenvalue weighted by Gasteiger charge is 2.23. The molecule has 0 N–H and O–H groups in total. The highest BCUT2D eigenvalue weighted by Crippen LogP contribution is 2.26. The zero-order valence-electron chi connectivity index (χ0n) is 5.95. The molecule has 0 aliphatic carbocycles. The molecule has 5 heteroatoms. The maximum Gasteiger partial charge on any atom is 0.341 e. The van der Waals surface area contributed by atoms with E-state index in [1.165, 1.54) is 0 Å². The SMILES string of the molecule is C#CCSCCC[Si](Cl)(Cl)Cl. The molecule has 0 fully saturated rings. The lowest BCUT2D eigenvalue weighted by atomic mass is 10.6. The van der Waals surface area contributed by atoms with E-state index >= 15 is 0 Å². The van der Waals surface area contributed by atoms with Crippen LogP contribution in [0, 0.1) is 12.3 Å². The van der Waals surface area contributed by atoms with Gasteiger partial charge in [-0.3, -0.25) is 0 Å². The minimum atomic E-state index is -2.37. The molecule has 0 radical (unpaired) electrons. The minimum Gasteiger partial charge on any atom is -0.149 e. The average molecular weight is 248 g/mol. The van der Waals surface area contributed by atoms with Gasteiger partial charge in [-0.2, -0.15) is 0 Å². The molecular formula is C6H9Cl3SSi. The fraction of sp³-hybridized carbons (Fsp3) is 0.667. The Balaban J connectivity index is 3.10. The molecule has 0 aromatic heterocycles. The zero-order valence-corrected chi connectivity index (χ0v) is 10.0. The Morgan fingerprint density at radius 3 is 2.45 bits per heavy atom. The first kappa shape index (κ1) is 12.0. The topological polar surface area (TPSA) is 0 Å². The summed E-state index contributed by atoms with van der Waals surface area (Å²) in [7, 11) is 0. The van der Waals surface area contributed by atoms with Crippen LogP contribution in [0.3, 0.4) is 0 Å². The quantitative estimate of drug-likeness (QED) is 0.311. The average Bonchev–Trinajstić information content (AvgIpc) is 1.85. The van der Waals surface area contributed by atoms with Crippen molar-refractivity contribution in [1.29, 1.82) is 0 Å². The van der Waals surface area contributed by atoms with E-state index in [9.17, 15) is 0 Å². The second-order valence-corrected chi connectivity index (χ2v) is 12.4. The highest BCUT2D eigenvalue weighted by molar-refractivity contribution is 7.99. The van der Waals surface area contributed by atoms with Gasteiger partial charge in [0.15, 0.2) is 0 Å². The summed E-state index contributed by atoms with van der Waals surface area (Å²) in [4.78, 5) is 0. The summed E-state index contributed by atoms with van der Waals surface area (Å²) in [6.07, 6.45) is 6.01. The first-order valence-corrected chi connectivity index (χ1v) is 9.54. The predicted octanol–water partition coefficient (Wildman–Crippen LogP) is 3.40. The van der Waals surface area contributed by atoms with E-state index in [1.807, 2.05) is 0 Å². The van der Waals surface area contributed by atoms with Crippen molar-refractivity contribution in [2.45, 2.75) is 12.5 Å². The van der Waals surface area contributed by atoms with Gasteiger partial charge < -0.3 is 0 Å². The van der Waals surface area contributed by atoms with E-state index in [0.29, 0.717) is 0 Å². The van der Waals surface area contributed by atoms with Gasteiger partial charge >= 0.3 is 6.00 Å². The highest BCUT2D eigenvalue weighted by atomic mass is 35.8. The summed E-state index contributed by atoms with van der Waals surface area (Å²) < 4.78 is 0. The molecule has 0 rings (SSSR count). The summed E-state index contributed by atoms with van der Waals surface area (Å²) in [5.41, 5.74) is 0. The van der Waals surface area contributed by atoms with Crippen LogP contribution in [0.15, 0.2) is 0 Å². The molecule has 0 aliphatic heterocycles. The van der Waals surface area contributed by atoms with Gasteiger partial charge in [0.25, 0.3) is 0 Å². The Bertz CT molecular complexity index is 138. The first-order chi connectivity index (χ1) is 5.06. The lowest BCUT2D eigenvalue weighted by molar-refractivity contribution is 1.09. The molecule has 0 spiro atoms. The normalized spacial score (nSPS) is 11.1. The van der Waals surface area contributed by atoms with Crippen molar-refractivity contribution >= 4 is 51.0 Å². The van der Waals surface area contributed by atoms with Crippen LogP contribution in [0.4, 0.5) is 0 Å². The summed E-state index contributed by atoms with van der Waals surface area (Å²) in [5, 5.41) is 0. The Hall–Kier alpha value is 0.997. The molecule has 0 amide bonds. The first-order valence-electron chi connectivity index (χ1n) is 3.14. The Kier molecular flexibility index (Phi) is 7.10. The molecule has 0 bridgehead atoms. The Morgan fingerprint density at radius 1 is 1.36 bits per heavy atom. The molecule has 0 atom stereocenters. The van der Waals surface area contributed by atoms with E-state index in [1.54, 1.807) is 11.8 Å². The van der Waals surface area contributed by atoms with Gasteiger partial charge in [-0.1, -0.05) is 5.92 Å². The molecule has 0 aromatic rings. The summed E-state index contributed by atoms with van der Waals surface area (Å²) in [6.45, 7) is 0. The third-order valence-corrected chi connectivity index (χ3v) is 4.50. The van der Waals surface area contributed by atoms with E-state index in [2.05, 4.69) is 5.92 Å². The van der Waals surface area contributed by atoms with E-state index < -0.39 is 6.00 Å². The number of thioether (sulfide) groups is 1. The largest absolute Gasteiger partial charge is 0.341 e. The molecule has 0 nitrogen and oxygen atoms in total. The third-order valence-electron chi connectivity index (χ3n) is 0.934. The second-order valence-electron chi connectivity index (χ2n) is 1.98. The van der Waals surface area contributed by atoms with Gasteiger partial charge in [0.05, 0.1) is 5.75 Å². The van der Waals surface area contributed by atoms with Gasteiger partial charge in [-0.15, -0.1) is 51.4 Å². The van der Waals surface area contributed by atoms with Crippen LogP contribution < -0.4 is 0 Å². The summed E-state index contributed by atoms with van der Waals surface area (Å²) in [6, 6.07) is -1.63. The van der Waals surface area contributed by atoms with Crippen LogP contribution in [-0.2, 0) is 0 Å². The standard InChI is InChI=1S/C6H9Cl3SSi/c1-2-4-10-5-3-6-11(7,8)9/h1H,3-6H2. The van der Waals surface area contributed by atoms with Crippen LogP contribution >= 0.6 is 45.0 Å². The Labute approximate surface area is 87.1 Å². The van der Waals surface area contributed by atoms with Crippen molar-refractivity contribution in [3.63, 3.8) is 0 Å². The summed E-state index contributed by atoms with van der Waals surface area (Å²) >= 11 is 18.7. The fourth-order valence-corrected chi connectivity index (χ4v) is 3.15. The van der Waals surface area contributed by atoms with Crippen molar-refractivity contribution in [3.05, 3.63) is 0 Å². The van der Waals surface area contributed by atoms with Crippen molar-refractivity contribution in [3.8, 4) is 12.3 Å². The van der Waals surface area contributed by atoms with Crippen LogP contribution in [-0.4, -0.2) is 17.5 Å². The molecule has 0 unspecified atom stereocenters. The number of hydrogen-bond donors (Lipinski definition) is 0. The van der Waals surface area contributed by atoms with Crippen molar-refractivity contribution in [2.75, 3.05) is 11.5 Å². The number of terminal acetylenes is 1. The number of hydrogen-bond acceptors (Lipinski definition) is 1. The number of rotatable bonds is 5. The van der Waals surface area contributed by atoms with Crippen LogP contribution in [0.1, 0.15) is 6.42 Å². The number of halogens is 3. The molecule has 0 heterocycles. The van der Waals surface area contributed by atoms with Gasteiger partial charge in [0.2, 0.25) is 0 Å². The zero-order chi connectivity index (χ0) is 8.74. The molecule has 0 saturated heterocycles. The molecule has 64 valence electrons. The van der Waals surface area contributed by atoms with Gasteiger partial charge in [0, 0.05) is 0 Å². The maximum absolute atomic E-state index is 5.67. The molecule has 0 aromatic carbocycles. The van der Waals surface area contributed by atoms with E-state index in [-0.39, 0.29) is 0 Å². The lowest BCUT2D eigenvalue weighted by Crippen LogP contribution is -2.08.